The fraction of sp³-hybridized carbons (Fsp3) is 0.111. The van der Waals surface area contributed by atoms with Crippen LogP contribution in [0.25, 0.3) is 11.5 Å². The first-order chi connectivity index (χ1) is 13.1. The van der Waals surface area contributed by atoms with Crippen molar-refractivity contribution in [3.05, 3.63) is 59.9 Å². The molecule has 0 fully saturated rings. The Kier molecular flexibility index (Phi) is 5.82. The third-order valence-corrected chi connectivity index (χ3v) is 4.23. The fourth-order valence-corrected chi connectivity index (χ4v) is 2.76. The molecule has 0 saturated heterocycles. The Labute approximate surface area is 157 Å². The molecule has 0 unspecified atom stereocenters. The summed E-state index contributed by atoms with van der Waals surface area (Å²) in [6.07, 6.45) is 0. The molecule has 1 amide bonds. The second-order valence-electron chi connectivity index (χ2n) is 5.26. The molecule has 7 nitrogen and oxygen atoms in total. The number of aromatic nitrogens is 2. The Morgan fingerprint density at radius 2 is 2.00 bits per heavy atom. The molecule has 1 heterocycles. The van der Waals surface area contributed by atoms with E-state index < -0.39 is 11.8 Å². The van der Waals surface area contributed by atoms with Gasteiger partial charge in [0.1, 0.15) is 5.82 Å². The molecule has 0 bridgehead atoms. The van der Waals surface area contributed by atoms with Gasteiger partial charge in [-0.05, 0) is 30.3 Å². The molecule has 3 rings (SSSR count). The van der Waals surface area contributed by atoms with E-state index in [-0.39, 0.29) is 28.3 Å². The van der Waals surface area contributed by atoms with Crippen molar-refractivity contribution < 1.29 is 23.1 Å². The summed E-state index contributed by atoms with van der Waals surface area (Å²) in [7, 11) is 1.27. The van der Waals surface area contributed by atoms with Gasteiger partial charge in [-0.15, -0.1) is 10.2 Å². The van der Waals surface area contributed by atoms with Gasteiger partial charge in [0.25, 0.3) is 5.22 Å². The highest BCUT2D eigenvalue weighted by atomic mass is 32.2. The number of nitrogens with one attached hydrogen (secondary N) is 1. The molecule has 1 aromatic heterocycles. The quantitative estimate of drug-likeness (QED) is 0.512. The van der Waals surface area contributed by atoms with Crippen molar-refractivity contribution in [3.63, 3.8) is 0 Å². The molecular weight excluding hydrogens is 373 g/mol. The summed E-state index contributed by atoms with van der Waals surface area (Å²) in [5.74, 6) is -1.17. The van der Waals surface area contributed by atoms with Crippen LogP contribution < -0.4 is 5.32 Å². The van der Waals surface area contributed by atoms with Gasteiger partial charge in [0, 0.05) is 5.56 Å². The van der Waals surface area contributed by atoms with Gasteiger partial charge in [-0.3, -0.25) is 4.79 Å². The van der Waals surface area contributed by atoms with Crippen molar-refractivity contribution in [2.75, 3.05) is 18.2 Å². The largest absolute Gasteiger partial charge is 0.465 e. The summed E-state index contributed by atoms with van der Waals surface area (Å²) in [4.78, 5) is 23.9. The van der Waals surface area contributed by atoms with Gasteiger partial charge in [0.05, 0.1) is 24.1 Å². The van der Waals surface area contributed by atoms with E-state index in [1.54, 1.807) is 30.3 Å². The van der Waals surface area contributed by atoms with Crippen LogP contribution in [0.3, 0.4) is 0 Å². The number of para-hydroxylation sites is 1. The molecule has 0 spiro atoms. The standard InChI is InChI=1S/C18H14FN3O4S/c1-25-17(24)13-7-2-3-8-14(13)20-15(23)10-27-18-22-21-16(26-18)11-5-4-6-12(19)9-11/h2-9H,10H2,1H3,(H,20,23). The van der Waals surface area contributed by atoms with Gasteiger partial charge in [-0.2, -0.15) is 0 Å². The third-order valence-electron chi connectivity index (χ3n) is 3.41. The minimum Gasteiger partial charge on any atom is -0.465 e. The number of methoxy groups -OCH3 is 1. The number of rotatable bonds is 6. The summed E-state index contributed by atoms with van der Waals surface area (Å²) in [6.45, 7) is 0. The molecule has 27 heavy (non-hydrogen) atoms. The molecule has 3 aromatic rings. The molecule has 0 atom stereocenters. The third kappa shape index (κ3) is 4.70. The van der Waals surface area contributed by atoms with Gasteiger partial charge in [-0.1, -0.05) is 30.0 Å². The number of hydrogen-bond acceptors (Lipinski definition) is 7. The molecule has 0 aliphatic rings. The minimum absolute atomic E-state index is 0.0136. The zero-order chi connectivity index (χ0) is 19.2. The maximum atomic E-state index is 13.3. The summed E-state index contributed by atoms with van der Waals surface area (Å²) in [6, 6.07) is 12.3. The number of thioether (sulfide) groups is 1. The van der Waals surface area contributed by atoms with E-state index in [0.717, 1.165) is 11.8 Å². The second-order valence-corrected chi connectivity index (χ2v) is 6.18. The van der Waals surface area contributed by atoms with Crippen LogP contribution in [0.4, 0.5) is 10.1 Å². The predicted molar refractivity (Wildman–Crippen MR) is 96.8 cm³/mol. The van der Waals surface area contributed by atoms with Crippen molar-refractivity contribution >= 4 is 29.3 Å². The Morgan fingerprint density at radius 3 is 2.78 bits per heavy atom. The van der Waals surface area contributed by atoms with Crippen molar-refractivity contribution in [2.24, 2.45) is 0 Å². The topological polar surface area (TPSA) is 94.3 Å². The Morgan fingerprint density at radius 1 is 1.19 bits per heavy atom. The normalized spacial score (nSPS) is 10.4. The monoisotopic (exact) mass is 387 g/mol. The van der Waals surface area contributed by atoms with E-state index in [1.165, 1.54) is 25.3 Å². The smallest absolute Gasteiger partial charge is 0.339 e. The lowest BCUT2D eigenvalue weighted by atomic mass is 10.2. The highest BCUT2D eigenvalue weighted by Crippen LogP contribution is 2.24. The summed E-state index contributed by atoms with van der Waals surface area (Å²) >= 11 is 1.03. The minimum atomic E-state index is -0.546. The first-order valence-electron chi connectivity index (χ1n) is 7.76. The zero-order valence-corrected chi connectivity index (χ0v) is 15.0. The van der Waals surface area contributed by atoms with E-state index in [1.807, 2.05) is 0 Å². The first-order valence-corrected chi connectivity index (χ1v) is 8.75. The van der Waals surface area contributed by atoms with Crippen LogP contribution in [0.5, 0.6) is 0 Å². The van der Waals surface area contributed by atoms with Crippen molar-refractivity contribution in [3.8, 4) is 11.5 Å². The Bertz CT molecular complexity index is 977. The molecule has 9 heteroatoms. The number of esters is 1. The summed E-state index contributed by atoms with van der Waals surface area (Å²) in [5.41, 5.74) is 1.05. The van der Waals surface area contributed by atoms with Gasteiger partial charge in [0.15, 0.2) is 0 Å². The van der Waals surface area contributed by atoms with Crippen LogP contribution in [0.1, 0.15) is 10.4 Å². The number of ether oxygens (including phenoxy) is 1. The lowest BCUT2D eigenvalue weighted by molar-refractivity contribution is -0.113. The van der Waals surface area contributed by atoms with Crippen LogP contribution in [-0.4, -0.2) is 34.9 Å². The molecule has 0 aliphatic carbocycles. The molecule has 0 aliphatic heterocycles. The first kappa shape index (κ1) is 18.6. The number of halogens is 1. The van der Waals surface area contributed by atoms with Gasteiger partial charge >= 0.3 is 5.97 Å². The van der Waals surface area contributed by atoms with Crippen molar-refractivity contribution in [1.29, 1.82) is 0 Å². The van der Waals surface area contributed by atoms with E-state index in [4.69, 9.17) is 4.42 Å². The van der Waals surface area contributed by atoms with E-state index in [0.29, 0.717) is 11.3 Å². The van der Waals surface area contributed by atoms with Crippen LogP contribution >= 0.6 is 11.8 Å². The number of anilines is 1. The average Bonchev–Trinajstić information content (AvgIpc) is 3.15. The number of nitrogens with zero attached hydrogens (tertiary/aromatic N) is 2. The van der Waals surface area contributed by atoms with Crippen molar-refractivity contribution in [2.45, 2.75) is 5.22 Å². The van der Waals surface area contributed by atoms with Crippen LogP contribution in [-0.2, 0) is 9.53 Å². The predicted octanol–water partition coefficient (Wildman–Crippen LogP) is 3.39. The SMILES string of the molecule is COC(=O)c1ccccc1NC(=O)CSc1nnc(-c2cccc(F)c2)o1. The molecule has 1 N–H and O–H groups in total. The Balaban J connectivity index is 1.61. The molecule has 0 radical (unpaired) electrons. The van der Waals surface area contributed by atoms with Gasteiger partial charge in [0.2, 0.25) is 11.8 Å². The lowest BCUT2D eigenvalue weighted by Crippen LogP contribution is -2.17. The molecule has 0 saturated carbocycles. The number of carbonyl (C=O) groups is 2. The lowest BCUT2D eigenvalue weighted by Gasteiger charge is -2.08. The second kappa shape index (κ2) is 8.45. The number of benzene rings is 2. The summed E-state index contributed by atoms with van der Waals surface area (Å²) < 4.78 is 23.4. The van der Waals surface area contributed by atoms with E-state index in [2.05, 4.69) is 20.3 Å². The van der Waals surface area contributed by atoms with E-state index >= 15 is 0 Å². The maximum absolute atomic E-state index is 13.3. The molecule has 2 aromatic carbocycles. The highest BCUT2D eigenvalue weighted by molar-refractivity contribution is 7.99. The molecular formula is C18H14FN3O4S. The van der Waals surface area contributed by atoms with Crippen molar-refractivity contribution in [1.82, 2.24) is 10.2 Å². The zero-order valence-electron chi connectivity index (χ0n) is 14.1. The highest BCUT2D eigenvalue weighted by Gasteiger charge is 2.15. The van der Waals surface area contributed by atoms with Gasteiger partial charge < -0.3 is 14.5 Å². The van der Waals surface area contributed by atoms with E-state index in [9.17, 15) is 14.0 Å². The maximum Gasteiger partial charge on any atom is 0.339 e. The number of carbonyl (C=O) groups excluding carboxylic acids is 2. The summed E-state index contributed by atoms with van der Waals surface area (Å²) in [5, 5.41) is 10.5. The van der Waals surface area contributed by atoms with Crippen LogP contribution in [0, 0.1) is 5.82 Å². The van der Waals surface area contributed by atoms with Gasteiger partial charge in [-0.25, -0.2) is 9.18 Å². The van der Waals surface area contributed by atoms with Crippen LogP contribution in [0.2, 0.25) is 0 Å². The van der Waals surface area contributed by atoms with Crippen LogP contribution in [0.15, 0.2) is 58.2 Å². The number of hydrogen-bond donors (Lipinski definition) is 1. The Hall–Kier alpha value is -3.20. The number of amides is 1. The molecule has 138 valence electrons. The average molecular weight is 387 g/mol. The fourth-order valence-electron chi connectivity index (χ4n) is 2.20.